The normalized spacial score (nSPS) is 16.5. The minimum Gasteiger partial charge on any atom is -0.388 e. The van der Waals surface area contributed by atoms with E-state index in [0.717, 1.165) is 36.9 Å². The summed E-state index contributed by atoms with van der Waals surface area (Å²) in [5.74, 6) is 0. The Morgan fingerprint density at radius 1 is 1.27 bits per heavy atom. The number of benzene rings is 1. The summed E-state index contributed by atoms with van der Waals surface area (Å²) in [7, 11) is 0. The third-order valence-corrected chi connectivity index (χ3v) is 3.95. The van der Waals surface area contributed by atoms with Crippen molar-refractivity contribution < 1.29 is 9.90 Å². The standard InChI is InChI=1S/C17H27N3O2/c1-13(2)20-15-7-5-6-14(10-15)11-18-16(21)19-12-17(22)8-3-4-9-17/h5-7,10,13,20,22H,3-4,8-9,11-12H2,1-2H3,(H2,18,19,21). The molecule has 0 radical (unpaired) electrons. The molecule has 1 fully saturated rings. The second-order valence-corrected chi connectivity index (χ2v) is 6.47. The fourth-order valence-corrected chi connectivity index (χ4v) is 2.80. The van der Waals surface area contributed by atoms with Gasteiger partial charge in [0.25, 0.3) is 0 Å². The van der Waals surface area contributed by atoms with Crippen LogP contribution in [-0.2, 0) is 6.54 Å². The third-order valence-electron chi connectivity index (χ3n) is 3.95. The van der Waals surface area contributed by atoms with Crippen molar-refractivity contribution in [2.24, 2.45) is 0 Å². The van der Waals surface area contributed by atoms with E-state index in [0.29, 0.717) is 19.1 Å². The van der Waals surface area contributed by atoms with Crippen LogP contribution in [0.1, 0.15) is 45.1 Å². The van der Waals surface area contributed by atoms with Gasteiger partial charge in [-0.05, 0) is 44.4 Å². The van der Waals surface area contributed by atoms with Crippen molar-refractivity contribution in [1.82, 2.24) is 10.6 Å². The van der Waals surface area contributed by atoms with Crippen LogP contribution in [0.5, 0.6) is 0 Å². The van der Waals surface area contributed by atoms with E-state index in [1.807, 2.05) is 24.3 Å². The van der Waals surface area contributed by atoms with Gasteiger partial charge in [0.1, 0.15) is 0 Å². The fourth-order valence-electron chi connectivity index (χ4n) is 2.80. The molecule has 1 saturated carbocycles. The van der Waals surface area contributed by atoms with Crippen molar-refractivity contribution in [3.63, 3.8) is 0 Å². The average Bonchev–Trinajstić information content (AvgIpc) is 2.90. The number of carbonyl (C=O) groups excluding carboxylic acids is 1. The molecule has 2 rings (SSSR count). The van der Waals surface area contributed by atoms with E-state index in [4.69, 9.17) is 0 Å². The van der Waals surface area contributed by atoms with Gasteiger partial charge in [0.05, 0.1) is 5.60 Å². The first-order chi connectivity index (χ1) is 10.5. The van der Waals surface area contributed by atoms with Gasteiger partial charge in [-0.15, -0.1) is 0 Å². The fraction of sp³-hybridized carbons (Fsp3) is 0.588. The molecule has 0 unspecified atom stereocenters. The maximum absolute atomic E-state index is 11.8. The van der Waals surface area contributed by atoms with Crippen molar-refractivity contribution >= 4 is 11.7 Å². The predicted octanol–water partition coefficient (Wildman–Crippen LogP) is 2.61. The number of carbonyl (C=O) groups is 1. The molecule has 2 amide bonds. The van der Waals surface area contributed by atoms with Gasteiger partial charge in [-0.2, -0.15) is 0 Å². The molecule has 1 aliphatic carbocycles. The van der Waals surface area contributed by atoms with Crippen molar-refractivity contribution in [2.75, 3.05) is 11.9 Å². The van der Waals surface area contributed by atoms with Crippen LogP contribution < -0.4 is 16.0 Å². The van der Waals surface area contributed by atoms with Gasteiger partial charge in [0.2, 0.25) is 0 Å². The minimum atomic E-state index is -0.710. The monoisotopic (exact) mass is 305 g/mol. The number of hydrogen-bond donors (Lipinski definition) is 4. The Kier molecular flexibility index (Phi) is 5.66. The van der Waals surface area contributed by atoms with E-state index < -0.39 is 5.60 Å². The maximum Gasteiger partial charge on any atom is 0.315 e. The Morgan fingerprint density at radius 2 is 2.00 bits per heavy atom. The Morgan fingerprint density at radius 3 is 2.68 bits per heavy atom. The second kappa shape index (κ2) is 7.49. The summed E-state index contributed by atoms with van der Waals surface area (Å²) in [6.07, 6.45) is 3.62. The van der Waals surface area contributed by atoms with Crippen molar-refractivity contribution in [3.05, 3.63) is 29.8 Å². The minimum absolute atomic E-state index is 0.234. The molecule has 0 bridgehead atoms. The molecule has 4 N–H and O–H groups in total. The molecule has 0 saturated heterocycles. The van der Waals surface area contributed by atoms with Gasteiger partial charge in [-0.1, -0.05) is 25.0 Å². The van der Waals surface area contributed by atoms with E-state index in [1.54, 1.807) is 0 Å². The highest BCUT2D eigenvalue weighted by molar-refractivity contribution is 5.74. The van der Waals surface area contributed by atoms with Gasteiger partial charge in [-0.3, -0.25) is 0 Å². The van der Waals surface area contributed by atoms with E-state index in [9.17, 15) is 9.90 Å². The highest BCUT2D eigenvalue weighted by Gasteiger charge is 2.31. The van der Waals surface area contributed by atoms with Crippen LogP contribution in [0.4, 0.5) is 10.5 Å². The molecular formula is C17H27N3O2. The molecule has 1 aromatic rings. The lowest BCUT2D eigenvalue weighted by Gasteiger charge is -2.22. The van der Waals surface area contributed by atoms with Crippen LogP contribution in [-0.4, -0.2) is 29.3 Å². The lowest BCUT2D eigenvalue weighted by Crippen LogP contribution is -2.44. The van der Waals surface area contributed by atoms with Crippen LogP contribution in [0.15, 0.2) is 24.3 Å². The van der Waals surface area contributed by atoms with E-state index in [-0.39, 0.29) is 6.03 Å². The van der Waals surface area contributed by atoms with Crippen LogP contribution in [0.2, 0.25) is 0 Å². The van der Waals surface area contributed by atoms with Crippen molar-refractivity contribution in [3.8, 4) is 0 Å². The third kappa shape index (κ3) is 5.22. The van der Waals surface area contributed by atoms with Gasteiger partial charge >= 0.3 is 6.03 Å². The first-order valence-corrected chi connectivity index (χ1v) is 8.06. The molecule has 0 aliphatic heterocycles. The number of rotatable bonds is 6. The molecule has 0 atom stereocenters. The summed E-state index contributed by atoms with van der Waals surface area (Å²) >= 11 is 0. The lowest BCUT2D eigenvalue weighted by atomic mass is 10.0. The highest BCUT2D eigenvalue weighted by atomic mass is 16.3. The molecule has 0 heterocycles. The Labute approximate surface area is 132 Å². The number of urea groups is 1. The number of nitrogens with one attached hydrogen (secondary N) is 3. The molecule has 5 nitrogen and oxygen atoms in total. The predicted molar refractivity (Wildman–Crippen MR) is 88.9 cm³/mol. The molecule has 0 aromatic heterocycles. The highest BCUT2D eigenvalue weighted by Crippen LogP contribution is 2.28. The van der Waals surface area contributed by atoms with Gasteiger partial charge in [-0.25, -0.2) is 4.79 Å². The summed E-state index contributed by atoms with van der Waals surface area (Å²) in [5.41, 5.74) is 1.38. The first-order valence-electron chi connectivity index (χ1n) is 8.06. The van der Waals surface area contributed by atoms with E-state index >= 15 is 0 Å². The molecular weight excluding hydrogens is 278 g/mol. The zero-order valence-corrected chi connectivity index (χ0v) is 13.5. The quantitative estimate of drug-likeness (QED) is 0.653. The molecule has 0 spiro atoms. The summed E-state index contributed by atoms with van der Waals surface area (Å²) in [5, 5.41) is 19.1. The van der Waals surface area contributed by atoms with Gasteiger partial charge in [0, 0.05) is 24.8 Å². The maximum atomic E-state index is 11.8. The number of hydrogen-bond acceptors (Lipinski definition) is 3. The van der Waals surface area contributed by atoms with Crippen LogP contribution in [0, 0.1) is 0 Å². The Hall–Kier alpha value is -1.75. The second-order valence-electron chi connectivity index (χ2n) is 6.47. The molecule has 1 aliphatic rings. The summed E-state index contributed by atoms with van der Waals surface area (Å²) in [4.78, 5) is 11.8. The molecule has 22 heavy (non-hydrogen) atoms. The number of amides is 2. The zero-order chi connectivity index (χ0) is 16.0. The summed E-state index contributed by atoms with van der Waals surface area (Å²) < 4.78 is 0. The van der Waals surface area contributed by atoms with Crippen LogP contribution >= 0.6 is 0 Å². The summed E-state index contributed by atoms with van der Waals surface area (Å²) in [6.45, 7) is 4.98. The zero-order valence-electron chi connectivity index (χ0n) is 13.5. The van der Waals surface area contributed by atoms with Gasteiger partial charge < -0.3 is 21.1 Å². The van der Waals surface area contributed by atoms with Gasteiger partial charge in [0.15, 0.2) is 0 Å². The molecule has 5 heteroatoms. The number of anilines is 1. The summed E-state index contributed by atoms with van der Waals surface area (Å²) in [6, 6.07) is 8.14. The SMILES string of the molecule is CC(C)Nc1cccc(CNC(=O)NCC2(O)CCCC2)c1. The lowest BCUT2D eigenvalue weighted by molar-refractivity contribution is 0.0501. The topological polar surface area (TPSA) is 73.4 Å². The Balaban J connectivity index is 1.76. The van der Waals surface area contributed by atoms with Crippen molar-refractivity contribution in [1.29, 1.82) is 0 Å². The average molecular weight is 305 g/mol. The van der Waals surface area contributed by atoms with Crippen molar-refractivity contribution in [2.45, 2.75) is 57.7 Å². The first kappa shape index (κ1) is 16.6. The molecule has 122 valence electrons. The van der Waals surface area contributed by atoms with Crippen LogP contribution in [0.25, 0.3) is 0 Å². The largest absolute Gasteiger partial charge is 0.388 e. The number of aliphatic hydroxyl groups is 1. The Bertz CT molecular complexity index is 496. The van der Waals surface area contributed by atoms with E-state index in [2.05, 4.69) is 29.8 Å². The smallest absolute Gasteiger partial charge is 0.315 e. The molecule has 1 aromatic carbocycles. The van der Waals surface area contributed by atoms with Crippen LogP contribution in [0.3, 0.4) is 0 Å². The van der Waals surface area contributed by atoms with E-state index in [1.165, 1.54) is 0 Å².